The fourth-order valence-electron chi connectivity index (χ4n) is 2.04. The Bertz CT molecular complexity index is 434. The van der Waals surface area contributed by atoms with Gasteiger partial charge in [-0.25, -0.2) is 9.78 Å². The maximum absolute atomic E-state index is 10.4. The Balaban J connectivity index is 1.88. The van der Waals surface area contributed by atoms with E-state index < -0.39 is 5.97 Å². The molecule has 18 heavy (non-hydrogen) atoms. The fourth-order valence-corrected chi connectivity index (χ4v) is 2.91. The fraction of sp³-hybridized carbons (Fsp3) is 0.538. The van der Waals surface area contributed by atoms with Crippen LogP contribution in [0.3, 0.4) is 0 Å². The minimum atomic E-state index is -0.921. The maximum Gasteiger partial charge on any atom is 0.328 e. The van der Waals surface area contributed by atoms with E-state index in [9.17, 15) is 4.79 Å². The highest BCUT2D eigenvalue weighted by Gasteiger charge is 2.16. The molecule has 1 aliphatic heterocycles. The smallest absolute Gasteiger partial charge is 0.328 e. The quantitative estimate of drug-likeness (QED) is 0.851. The molecule has 0 bridgehead atoms. The van der Waals surface area contributed by atoms with E-state index in [1.165, 1.54) is 12.8 Å². The lowest BCUT2D eigenvalue weighted by Crippen LogP contribution is -2.32. The molecular weight excluding hydrogens is 248 g/mol. The third-order valence-corrected chi connectivity index (χ3v) is 4.14. The molecular formula is C13H18N2O2S. The Labute approximate surface area is 111 Å². The first-order valence-electron chi connectivity index (χ1n) is 6.21. The number of carboxylic acids is 1. The van der Waals surface area contributed by atoms with Gasteiger partial charge in [0.1, 0.15) is 5.01 Å². The van der Waals surface area contributed by atoms with E-state index in [1.807, 2.05) is 0 Å². The predicted octanol–water partition coefficient (Wildman–Crippen LogP) is 2.47. The predicted molar refractivity (Wildman–Crippen MR) is 72.5 cm³/mol. The Morgan fingerprint density at radius 1 is 1.61 bits per heavy atom. The lowest BCUT2D eigenvalue weighted by Gasteiger charge is -2.29. The Morgan fingerprint density at radius 3 is 3.00 bits per heavy atom. The molecule has 0 amide bonds. The molecule has 5 heteroatoms. The van der Waals surface area contributed by atoms with Crippen molar-refractivity contribution in [2.45, 2.75) is 26.3 Å². The minimum absolute atomic E-state index is 0.839. The van der Waals surface area contributed by atoms with Gasteiger partial charge < -0.3 is 5.11 Å². The van der Waals surface area contributed by atoms with E-state index in [0.29, 0.717) is 0 Å². The monoisotopic (exact) mass is 266 g/mol. The summed E-state index contributed by atoms with van der Waals surface area (Å²) in [5.74, 6) is -0.0819. The zero-order valence-electron chi connectivity index (χ0n) is 10.5. The zero-order valence-corrected chi connectivity index (χ0v) is 11.3. The van der Waals surface area contributed by atoms with Gasteiger partial charge in [0.25, 0.3) is 0 Å². The molecule has 1 aromatic rings. The summed E-state index contributed by atoms with van der Waals surface area (Å²) in [7, 11) is 0. The van der Waals surface area contributed by atoms with Gasteiger partial charge in [-0.3, -0.25) is 4.90 Å². The largest absolute Gasteiger partial charge is 0.478 e. The maximum atomic E-state index is 10.4. The van der Waals surface area contributed by atoms with Crippen LogP contribution in [0.15, 0.2) is 12.3 Å². The van der Waals surface area contributed by atoms with Crippen molar-refractivity contribution in [2.24, 2.45) is 5.92 Å². The van der Waals surface area contributed by atoms with Gasteiger partial charge in [0.05, 0.1) is 6.54 Å². The van der Waals surface area contributed by atoms with E-state index >= 15 is 0 Å². The average molecular weight is 266 g/mol. The molecule has 1 aromatic heterocycles. The van der Waals surface area contributed by atoms with Gasteiger partial charge >= 0.3 is 5.97 Å². The van der Waals surface area contributed by atoms with Crippen molar-refractivity contribution in [3.63, 3.8) is 0 Å². The van der Waals surface area contributed by atoms with E-state index in [1.54, 1.807) is 23.6 Å². The van der Waals surface area contributed by atoms with Crippen LogP contribution in [0, 0.1) is 5.92 Å². The first-order chi connectivity index (χ1) is 8.63. The van der Waals surface area contributed by atoms with Crippen molar-refractivity contribution in [3.05, 3.63) is 22.2 Å². The van der Waals surface area contributed by atoms with E-state index in [-0.39, 0.29) is 0 Å². The number of hydrogen-bond donors (Lipinski definition) is 1. The SMILES string of the molecule is CC1CCN(Cc2ncc(/C=C/C(=O)O)s2)CC1. The van der Waals surface area contributed by atoms with Crippen LogP contribution >= 0.6 is 11.3 Å². The second-order valence-corrected chi connectivity index (χ2v) is 5.93. The first kappa shape index (κ1) is 13.2. The molecule has 0 unspecified atom stereocenters. The van der Waals surface area contributed by atoms with Crippen molar-refractivity contribution >= 4 is 23.4 Å². The van der Waals surface area contributed by atoms with Gasteiger partial charge in [-0.15, -0.1) is 11.3 Å². The number of piperidine rings is 1. The van der Waals surface area contributed by atoms with Crippen LogP contribution < -0.4 is 0 Å². The van der Waals surface area contributed by atoms with Crippen molar-refractivity contribution in [3.8, 4) is 0 Å². The summed E-state index contributed by atoms with van der Waals surface area (Å²) in [6, 6.07) is 0. The number of nitrogens with zero attached hydrogens (tertiary/aromatic N) is 2. The summed E-state index contributed by atoms with van der Waals surface area (Å²) < 4.78 is 0. The molecule has 1 saturated heterocycles. The van der Waals surface area contributed by atoms with Crippen LogP contribution in [-0.4, -0.2) is 34.0 Å². The number of aromatic nitrogens is 1. The van der Waals surface area contributed by atoms with Gasteiger partial charge in [-0.05, 0) is 37.9 Å². The van der Waals surface area contributed by atoms with Crippen LogP contribution in [-0.2, 0) is 11.3 Å². The van der Waals surface area contributed by atoms with Gasteiger partial charge in [0.15, 0.2) is 0 Å². The van der Waals surface area contributed by atoms with Crippen molar-refractivity contribution in [1.82, 2.24) is 9.88 Å². The number of carboxylic acid groups (broad SMARTS) is 1. The van der Waals surface area contributed by atoms with Crippen molar-refractivity contribution in [1.29, 1.82) is 0 Å². The van der Waals surface area contributed by atoms with Crippen LogP contribution in [0.1, 0.15) is 29.7 Å². The molecule has 0 aromatic carbocycles. The van der Waals surface area contributed by atoms with Gasteiger partial charge in [0, 0.05) is 17.2 Å². The molecule has 0 saturated carbocycles. The standard InChI is InChI=1S/C13H18N2O2S/c1-10-4-6-15(7-5-10)9-12-14-8-11(18-12)2-3-13(16)17/h2-3,8,10H,4-7,9H2,1H3,(H,16,17)/b3-2+. The molecule has 1 aliphatic rings. The molecule has 2 rings (SSSR count). The van der Waals surface area contributed by atoms with Crippen molar-refractivity contribution < 1.29 is 9.90 Å². The molecule has 0 aliphatic carbocycles. The topological polar surface area (TPSA) is 53.4 Å². The number of hydrogen-bond acceptors (Lipinski definition) is 4. The summed E-state index contributed by atoms with van der Waals surface area (Å²) in [6.45, 7) is 5.47. The summed E-state index contributed by atoms with van der Waals surface area (Å²) in [5, 5.41) is 9.62. The number of likely N-dealkylation sites (tertiary alicyclic amines) is 1. The Hall–Kier alpha value is -1.20. The minimum Gasteiger partial charge on any atom is -0.478 e. The highest BCUT2D eigenvalue weighted by Crippen LogP contribution is 2.21. The molecule has 0 spiro atoms. The number of rotatable bonds is 4. The lowest BCUT2D eigenvalue weighted by molar-refractivity contribution is -0.131. The zero-order chi connectivity index (χ0) is 13.0. The summed E-state index contributed by atoms with van der Waals surface area (Å²) in [5.41, 5.74) is 0. The first-order valence-corrected chi connectivity index (χ1v) is 7.03. The van der Waals surface area contributed by atoms with E-state index in [2.05, 4.69) is 16.8 Å². The summed E-state index contributed by atoms with van der Waals surface area (Å²) >= 11 is 1.57. The third kappa shape index (κ3) is 3.92. The average Bonchev–Trinajstić information content (AvgIpc) is 2.77. The van der Waals surface area contributed by atoms with Crippen LogP contribution in [0.5, 0.6) is 0 Å². The van der Waals surface area contributed by atoms with Gasteiger partial charge in [-0.2, -0.15) is 0 Å². The molecule has 4 nitrogen and oxygen atoms in total. The van der Waals surface area contributed by atoms with Gasteiger partial charge in [0.2, 0.25) is 0 Å². The van der Waals surface area contributed by atoms with E-state index in [0.717, 1.165) is 41.5 Å². The Kier molecular flexibility index (Phi) is 4.49. The summed E-state index contributed by atoms with van der Waals surface area (Å²) in [6.07, 6.45) is 7.02. The Morgan fingerprint density at radius 2 is 2.33 bits per heavy atom. The summed E-state index contributed by atoms with van der Waals surface area (Å²) in [4.78, 5) is 18.1. The van der Waals surface area contributed by atoms with Crippen molar-refractivity contribution in [2.75, 3.05) is 13.1 Å². The van der Waals surface area contributed by atoms with Crippen LogP contribution in [0.25, 0.3) is 6.08 Å². The molecule has 0 radical (unpaired) electrons. The number of thiazole rings is 1. The lowest BCUT2D eigenvalue weighted by atomic mass is 9.99. The second-order valence-electron chi connectivity index (χ2n) is 4.79. The normalized spacial score (nSPS) is 18.5. The third-order valence-electron chi connectivity index (χ3n) is 3.20. The van der Waals surface area contributed by atoms with E-state index in [4.69, 9.17) is 5.11 Å². The number of carbonyl (C=O) groups is 1. The van der Waals surface area contributed by atoms with Crippen LogP contribution in [0.4, 0.5) is 0 Å². The second kappa shape index (κ2) is 6.11. The van der Waals surface area contributed by atoms with Crippen LogP contribution in [0.2, 0.25) is 0 Å². The molecule has 2 heterocycles. The highest BCUT2D eigenvalue weighted by atomic mass is 32.1. The highest BCUT2D eigenvalue weighted by molar-refractivity contribution is 7.12. The molecule has 1 N–H and O–H groups in total. The molecule has 1 fully saturated rings. The number of aliphatic carboxylic acids is 1. The molecule has 0 atom stereocenters. The molecule has 98 valence electrons. The van der Waals surface area contributed by atoms with Gasteiger partial charge in [-0.1, -0.05) is 6.92 Å².